The van der Waals surface area contributed by atoms with E-state index in [9.17, 15) is 8.78 Å². The normalized spacial score (nSPS) is 18.9. The second-order valence-corrected chi connectivity index (χ2v) is 4.55. The van der Waals surface area contributed by atoms with E-state index in [-0.39, 0.29) is 5.92 Å². The fraction of sp³-hybridized carbons (Fsp3) is 0.538. The molecule has 3 heteroatoms. The maximum atomic E-state index is 13.6. The van der Waals surface area contributed by atoms with E-state index in [1.54, 1.807) is 6.07 Å². The van der Waals surface area contributed by atoms with Crippen molar-refractivity contribution in [1.82, 2.24) is 0 Å². The molecule has 0 radical (unpaired) electrons. The molecule has 1 saturated carbocycles. The molecular weight excluding hydrogens is 208 g/mol. The molecule has 0 aliphatic heterocycles. The molecule has 2 N–H and O–H groups in total. The van der Waals surface area contributed by atoms with Crippen molar-refractivity contribution < 1.29 is 8.78 Å². The van der Waals surface area contributed by atoms with Crippen LogP contribution in [0.5, 0.6) is 0 Å². The van der Waals surface area contributed by atoms with Gasteiger partial charge >= 0.3 is 0 Å². The average molecular weight is 225 g/mol. The molecule has 1 aliphatic carbocycles. The summed E-state index contributed by atoms with van der Waals surface area (Å²) in [6.45, 7) is 0.438. The van der Waals surface area contributed by atoms with Gasteiger partial charge in [-0.3, -0.25) is 0 Å². The summed E-state index contributed by atoms with van der Waals surface area (Å²) in [6.07, 6.45) is 4.62. The van der Waals surface area contributed by atoms with Gasteiger partial charge in [0.25, 0.3) is 0 Å². The highest BCUT2D eigenvalue weighted by atomic mass is 19.1. The Labute approximate surface area is 94.7 Å². The molecule has 0 amide bonds. The van der Waals surface area contributed by atoms with Gasteiger partial charge in [0.05, 0.1) is 0 Å². The second-order valence-electron chi connectivity index (χ2n) is 4.55. The molecule has 1 aromatic carbocycles. The summed E-state index contributed by atoms with van der Waals surface area (Å²) in [6, 6.07) is 3.81. The van der Waals surface area contributed by atoms with Crippen LogP contribution >= 0.6 is 0 Å². The standard InChI is InChI=1S/C13H17F2N/c14-10-5-6-11(13(15)7-10)12(8-16)9-3-1-2-4-9/h5-7,9,12H,1-4,8,16H2. The van der Waals surface area contributed by atoms with Crippen molar-refractivity contribution in [3.05, 3.63) is 35.4 Å². The van der Waals surface area contributed by atoms with Gasteiger partial charge in [0.1, 0.15) is 11.6 Å². The molecular formula is C13H17F2N. The first-order chi connectivity index (χ1) is 7.72. The summed E-state index contributed by atoms with van der Waals surface area (Å²) in [7, 11) is 0. The van der Waals surface area contributed by atoms with Crippen molar-refractivity contribution in [3.63, 3.8) is 0 Å². The Kier molecular flexibility index (Phi) is 3.54. The zero-order valence-corrected chi connectivity index (χ0v) is 9.26. The van der Waals surface area contributed by atoms with E-state index >= 15 is 0 Å². The van der Waals surface area contributed by atoms with E-state index in [4.69, 9.17) is 5.73 Å². The molecule has 88 valence electrons. The first-order valence-corrected chi connectivity index (χ1v) is 5.87. The summed E-state index contributed by atoms with van der Waals surface area (Å²) >= 11 is 0. The van der Waals surface area contributed by atoms with Gasteiger partial charge in [0.2, 0.25) is 0 Å². The van der Waals surface area contributed by atoms with Gasteiger partial charge in [0.15, 0.2) is 0 Å². The zero-order chi connectivity index (χ0) is 11.5. The fourth-order valence-electron chi connectivity index (χ4n) is 2.74. The van der Waals surface area contributed by atoms with Gasteiger partial charge in [-0.05, 0) is 36.9 Å². The number of hydrogen-bond donors (Lipinski definition) is 1. The zero-order valence-electron chi connectivity index (χ0n) is 9.26. The molecule has 0 bridgehead atoms. The Morgan fingerprint density at radius 3 is 2.50 bits per heavy atom. The van der Waals surface area contributed by atoms with Crippen LogP contribution in [-0.2, 0) is 0 Å². The molecule has 0 saturated heterocycles. The first-order valence-electron chi connectivity index (χ1n) is 5.87. The minimum absolute atomic E-state index is 0.0445. The molecule has 1 aliphatic rings. The van der Waals surface area contributed by atoms with Crippen LogP contribution in [0.1, 0.15) is 37.2 Å². The van der Waals surface area contributed by atoms with Crippen LogP contribution in [0.4, 0.5) is 8.78 Å². The van der Waals surface area contributed by atoms with Crippen LogP contribution < -0.4 is 5.73 Å². The van der Waals surface area contributed by atoms with Crippen LogP contribution in [0.25, 0.3) is 0 Å². The molecule has 2 rings (SSSR count). The summed E-state index contributed by atoms with van der Waals surface area (Å²) < 4.78 is 26.5. The maximum absolute atomic E-state index is 13.6. The van der Waals surface area contributed by atoms with E-state index in [0.717, 1.165) is 18.9 Å². The highest BCUT2D eigenvalue weighted by Gasteiger charge is 2.27. The van der Waals surface area contributed by atoms with Crippen LogP contribution in [0.3, 0.4) is 0 Å². The topological polar surface area (TPSA) is 26.0 Å². The molecule has 0 spiro atoms. The van der Waals surface area contributed by atoms with Gasteiger partial charge in [0, 0.05) is 12.0 Å². The predicted octanol–water partition coefficient (Wildman–Crippen LogP) is 3.20. The lowest BCUT2D eigenvalue weighted by molar-refractivity contribution is 0.423. The molecule has 1 atom stereocenters. The number of hydrogen-bond acceptors (Lipinski definition) is 1. The Balaban J connectivity index is 2.25. The van der Waals surface area contributed by atoms with Crippen molar-refractivity contribution in [3.8, 4) is 0 Å². The molecule has 16 heavy (non-hydrogen) atoms. The lowest BCUT2D eigenvalue weighted by Gasteiger charge is -2.22. The minimum Gasteiger partial charge on any atom is -0.330 e. The number of halogens is 2. The minimum atomic E-state index is -0.525. The summed E-state index contributed by atoms with van der Waals surface area (Å²) in [5.41, 5.74) is 6.31. The number of nitrogens with two attached hydrogens (primary N) is 1. The van der Waals surface area contributed by atoms with E-state index in [1.807, 2.05) is 0 Å². The van der Waals surface area contributed by atoms with E-state index < -0.39 is 11.6 Å². The summed E-state index contributed by atoms with van der Waals surface area (Å²) in [5, 5.41) is 0. The van der Waals surface area contributed by atoms with E-state index in [2.05, 4.69) is 0 Å². The van der Waals surface area contributed by atoms with Gasteiger partial charge in [-0.2, -0.15) is 0 Å². The molecule has 1 fully saturated rings. The van der Waals surface area contributed by atoms with Crippen molar-refractivity contribution in [2.45, 2.75) is 31.6 Å². The maximum Gasteiger partial charge on any atom is 0.129 e. The Morgan fingerprint density at radius 2 is 1.94 bits per heavy atom. The monoisotopic (exact) mass is 225 g/mol. The van der Waals surface area contributed by atoms with Crippen molar-refractivity contribution in [2.24, 2.45) is 11.7 Å². The lowest BCUT2D eigenvalue weighted by atomic mass is 9.84. The Hall–Kier alpha value is -0.960. The quantitative estimate of drug-likeness (QED) is 0.840. The first kappa shape index (κ1) is 11.5. The van der Waals surface area contributed by atoms with Crippen molar-refractivity contribution >= 4 is 0 Å². The largest absolute Gasteiger partial charge is 0.330 e. The van der Waals surface area contributed by atoms with Gasteiger partial charge in [-0.15, -0.1) is 0 Å². The summed E-state index contributed by atoms with van der Waals surface area (Å²) in [4.78, 5) is 0. The molecule has 1 nitrogen and oxygen atoms in total. The third-order valence-electron chi connectivity index (χ3n) is 3.58. The second kappa shape index (κ2) is 4.91. The van der Waals surface area contributed by atoms with E-state index in [0.29, 0.717) is 18.0 Å². The lowest BCUT2D eigenvalue weighted by Crippen LogP contribution is -2.21. The van der Waals surface area contributed by atoms with Crippen molar-refractivity contribution in [1.29, 1.82) is 0 Å². The fourth-order valence-corrected chi connectivity index (χ4v) is 2.74. The molecule has 0 heterocycles. The van der Waals surface area contributed by atoms with Crippen LogP contribution in [0.15, 0.2) is 18.2 Å². The predicted molar refractivity (Wildman–Crippen MR) is 60.1 cm³/mol. The third-order valence-corrected chi connectivity index (χ3v) is 3.58. The van der Waals surface area contributed by atoms with Gasteiger partial charge in [-0.25, -0.2) is 8.78 Å². The van der Waals surface area contributed by atoms with Gasteiger partial charge in [-0.1, -0.05) is 18.9 Å². The number of rotatable bonds is 3. The molecule has 0 aromatic heterocycles. The Morgan fingerprint density at radius 1 is 1.25 bits per heavy atom. The smallest absolute Gasteiger partial charge is 0.129 e. The summed E-state index contributed by atoms with van der Waals surface area (Å²) in [5.74, 6) is -0.473. The van der Waals surface area contributed by atoms with Crippen molar-refractivity contribution in [2.75, 3.05) is 6.54 Å². The Bertz CT molecular complexity index is 359. The van der Waals surface area contributed by atoms with Crippen LogP contribution in [0.2, 0.25) is 0 Å². The molecule has 1 aromatic rings. The van der Waals surface area contributed by atoms with E-state index in [1.165, 1.54) is 18.9 Å². The van der Waals surface area contributed by atoms with Gasteiger partial charge < -0.3 is 5.73 Å². The average Bonchev–Trinajstić information content (AvgIpc) is 2.75. The highest BCUT2D eigenvalue weighted by Crippen LogP contribution is 2.37. The van der Waals surface area contributed by atoms with Crippen LogP contribution in [-0.4, -0.2) is 6.54 Å². The number of benzene rings is 1. The highest BCUT2D eigenvalue weighted by molar-refractivity contribution is 5.24. The SMILES string of the molecule is NCC(c1ccc(F)cc1F)C1CCCC1. The van der Waals surface area contributed by atoms with Crippen LogP contribution in [0, 0.1) is 17.6 Å². The third kappa shape index (κ3) is 2.24. The molecule has 1 unspecified atom stereocenters.